The largest absolute Gasteiger partial charge is 0.472 e. The van der Waals surface area contributed by atoms with Crippen LogP contribution in [0.15, 0.2) is 36.5 Å². The molecule has 0 radical (unpaired) electrons. The molecule has 66 heavy (non-hydrogen) atoms. The van der Waals surface area contributed by atoms with Crippen LogP contribution >= 0.6 is 7.82 Å². The van der Waals surface area contributed by atoms with E-state index in [-0.39, 0.29) is 25.6 Å². The second kappa shape index (κ2) is 53.0. The molecule has 0 aromatic rings. The summed E-state index contributed by atoms with van der Waals surface area (Å²) < 4.78 is 33.6. The zero-order valence-electron chi connectivity index (χ0n) is 43.2. The smallest absolute Gasteiger partial charge is 0.457 e. The van der Waals surface area contributed by atoms with Gasteiger partial charge in [0, 0.05) is 13.0 Å². The summed E-state index contributed by atoms with van der Waals surface area (Å²) in [6.45, 7) is 3.54. The number of carbonyl (C=O) groups is 1. The second-order valence-corrected chi connectivity index (χ2v) is 20.4. The van der Waals surface area contributed by atoms with E-state index in [0.29, 0.717) is 6.61 Å². The molecule has 390 valence electrons. The number of carbonyl (C=O) groups excluding carboxylic acids is 1. The fraction of sp³-hybridized carbons (Fsp3) is 0.875. The highest BCUT2D eigenvalue weighted by Crippen LogP contribution is 2.43. The average Bonchev–Trinajstić information content (AvgIpc) is 3.31. The van der Waals surface area contributed by atoms with Gasteiger partial charge < -0.3 is 24.6 Å². The van der Waals surface area contributed by atoms with Gasteiger partial charge in [-0.15, -0.1) is 0 Å². The highest BCUT2D eigenvalue weighted by atomic mass is 31.2. The first kappa shape index (κ1) is 64.7. The molecule has 0 bridgehead atoms. The maximum absolute atomic E-state index is 12.7. The lowest BCUT2D eigenvalue weighted by molar-refractivity contribution is -0.154. The number of esters is 1. The minimum atomic E-state index is -4.53. The summed E-state index contributed by atoms with van der Waals surface area (Å²) in [6.07, 6.45) is 61.2. The number of aliphatic hydroxyl groups excluding tert-OH is 2. The fourth-order valence-corrected chi connectivity index (χ4v) is 8.86. The normalized spacial score (nSPS) is 14.0. The number of hydrogen-bond acceptors (Lipinski definition) is 8. The van der Waals surface area contributed by atoms with Gasteiger partial charge in [-0.05, 0) is 51.4 Å². The van der Waals surface area contributed by atoms with E-state index in [9.17, 15) is 19.4 Å². The zero-order valence-corrected chi connectivity index (χ0v) is 44.1. The molecule has 0 aliphatic carbocycles. The van der Waals surface area contributed by atoms with E-state index < -0.39 is 33.2 Å². The Balaban J connectivity index is 4.03. The van der Waals surface area contributed by atoms with Gasteiger partial charge in [-0.1, -0.05) is 249 Å². The third-order valence-electron chi connectivity index (χ3n) is 12.3. The molecule has 0 spiro atoms. The lowest BCUT2D eigenvalue weighted by Gasteiger charge is -2.20. The van der Waals surface area contributed by atoms with Gasteiger partial charge in [0.2, 0.25) is 0 Å². The molecule has 3 N–H and O–H groups in total. The predicted molar refractivity (Wildman–Crippen MR) is 279 cm³/mol. The number of hydrogen-bond donors (Lipinski definition) is 3. The minimum absolute atomic E-state index is 0.0457. The standard InChI is InChI=1S/C56H107O9P/c1-3-5-7-9-11-13-15-17-19-21-23-25-27-28-30-32-34-36-38-40-42-44-46-48-56(59)65-55(53-64-66(60,61)63-51-54(58)50-57)52-62-49-47-45-43-41-39-37-35-33-31-29-26-24-22-20-18-16-14-12-10-8-6-4-2/h16,18,22,24,29,31,54-55,57-58H,3-15,17,19-21,23,25-28,30,32-53H2,1-2H3,(H,60,61)/b18-16-,24-22-,31-29-. The topological polar surface area (TPSA) is 132 Å². The second-order valence-electron chi connectivity index (χ2n) is 19.0. The Kier molecular flexibility index (Phi) is 52.0. The van der Waals surface area contributed by atoms with Crippen LogP contribution in [0.4, 0.5) is 0 Å². The third-order valence-corrected chi connectivity index (χ3v) is 13.3. The molecular weight excluding hydrogens is 848 g/mol. The number of rotatable bonds is 54. The van der Waals surface area contributed by atoms with E-state index in [1.165, 1.54) is 193 Å². The van der Waals surface area contributed by atoms with E-state index in [1.54, 1.807) is 0 Å². The highest BCUT2D eigenvalue weighted by Gasteiger charge is 2.26. The molecule has 9 nitrogen and oxygen atoms in total. The minimum Gasteiger partial charge on any atom is -0.457 e. The Morgan fingerprint density at radius 3 is 1.23 bits per heavy atom. The first-order chi connectivity index (χ1) is 32.3. The molecular formula is C56H107O9P. The van der Waals surface area contributed by atoms with Crippen LogP contribution in [-0.4, -0.2) is 66.3 Å². The monoisotopic (exact) mass is 955 g/mol. The van der Waals surface area contributed by atoms with Crippen LogP contribution in [0.1, 0.15) is 271 Å². The summed E-state index contributed by atoms with van der Waals surface area (Å²) in [6, 6.07) is 0. The zero-order chi connectivity index (χ0) is 48.1. The predicted octanol–water partition coefficient (Wildman–Crippen LogP) is 16.7. The van der Waals surface area contributed by atoms with Crippen molar-refractivity contribution < 1.29 is 43.0 Å². The summed E-state index contributed by atoms with van der Waals surface area (Å²) in [4.78, 5) is 22.8. The van der Waals surface area contributed by atoms with E-state index in [1.807, 2.05) is 0 Å². The summed E-state index contributed by atoms with van der Waals surface area (Å²) in [5.74, 6) is -0.380. The number of phosphoric acid groups is 1. The molecule has 0 heterocycles. The Morgan fingerprint density at radius 1 is 0.470 bits per heavy atom. The molecule has 3 atom stereocenters. The van der Waals surface area contributed by atoms with Crippen molar-refractivity contribution in [3.63, 3.8) is 0 Å². The summed E-state index contributed by atoms with van der Waals surface area (Å²) in [7, 11) is -4.53. The molecule has 0 aliphatic heterocycles. The van der Waals surface area contributed by atoms with Crippen LogP contribution in [0.3, 0.4) is 0 Å². The van der Waals surface area contributed by atoms with Crippen molar-refractivity contribution in [1.29, 1.82) is 0 Å². The summed E-state index contributed by atoms with van der Waals surface area (Å²) in [5, 5.41) is 18.4. The molecule has 0 saturated heterocycles. The van der Waals surface area contributed by atoms with Gasteiger partial charge in [-0.3, -0.25) is 13.8 Å². The van der Waals surface area contributed by atoms with Gasteiger partial charge in [-0.2, -0.15) is 0 Å². The van der Waals surface area contributed by atoms with Crippen molar-refractivity contribution in [3.05, 3.63) is 36.5 Å². The van der Waals surface area contributed by atoms with Gasteiger partial charge in [-0.25, -0.2) is 4.57 Å². The number of phosphoric ester groups is 1. The van der Waals surface area contributed by atoms with Crippen molar-refractivity contribution in [2.24, 2.45) is 0 Å². The fourth-order valence-electron chi connectivity index (χ4n) is 8.07. The number of ether oxygens (including phenoxy) is 2. The van der Waals surface area contributed by atoms with E-state index in [0.717, 1.165) is 57.8 Å². The van der Waals surface area contributed by atoms with Crippen LogP contribution in [0.25, 0.3) is 0 Å². The first-order valence-corrected chi connectivity index (χ1v) is 29.5. The van der Waals surface area contributed by atoms with Crippen molar-refractivity contribution in [1.82, 2.24) is 0 Å². The molecule has 0 saturated carbocycles. The van der Waals surface area contributed by atoms with Crippen LogP contribution in [-0.2, 0) is 27.9 Å². The SMILES string of the molecule is CCCCCCC/C=C\C/C=C\C/C=C\CCCCCCCCCOCC(COP(=O)(O)OCC(O)CO)OC(=O)CCCCCCCCCCCCCCCCCCCCCCCCC. The van der Waals surface area contributed by atoms with E-state index in [4.69, 9.17) is 23.6 Å². The lowest BCUT2D eigenvalue weighted by Crippen LogP contribution is -2.29. The molecule has 0 aromatic heterocycles. The van der Waals surface area contributed by atoms with Crippen molar-refractivity contribution in [3.8, 4) is 0 Å². The Hall–Kier alpha value is -1.32. The quantitative estimate of drug-likeness (QED) is 0.0236. The third kappa shape index (κ3) is 52.1. The van der Waals surface area contributed by atoms with Crippen LogP contribution in [0.5, 0.6) is 0 Å². The van der Waals surface area contributed by atoms with Crippen molar-refractivity contribution >= 4 is 13.8 Å². The van der Waals surface area contributed by atoms with E-state index >= 15 is 0 Å². The van der Waals surface area contributed by atoms with Crippen LogP contribution < -0.4 is 0 Å². The maximum atomic E-state index is 12.7. The number of unbranched alkanes of at least 4 members (excludes halogenated alkanes) is 34. The average molecular weight is 955 g/mol. The van der Waals surface area contributed by atoms with Gasteiger partial charge >= 0.3 is 13.8 Å². The van der Waals surface area contributed by atoms with Gasteiger partial charge in [0.15, 0.2) is 0 Å². The molecule has 3 unspecified atom stereocenters. The van der Waals surface area contributed by atoms with Gasteiger partial charge in [0.25, 0.3) is 0 Å². The lowest BCUT2D eigenvalue weighted by atomic mass is 10.0. The van der Waals surface area contributed by atoms with E-state index in [2.05, 4.69) is 50.3 Å². The van der Waals surface area contributed by atoms with Gasteiger partial charge in [0.05, 0.1) is 26.4 Å². The van der Waals surface area contributed by atoms with Crippen LogP contribution in [0, 0.1) is 0 Å². The van der Waals surface area contributed by atoms with Crippen molar-refractivity contribution in [2.75, 3.05) is 33.0 Å². The van der Waals surface area contributed by atoms with Crippen molar-refractivity contribution in [2.45, 2.75) is 283 Å². The first-order valence-electron chi connectivity index (χ1n) is 28.0. The number of allylic oxidation sites excluding steroid dienone is 6. The highest BCUT2D eigenvalue weighted by molar-refractivity contribution is 7.47. The number of aliphatic hydroxyl groups is 2. The molecule has 0 fully saturated rings. The Labute approximate surface area is 407 Å². The molecule has 0 rings (SSSR count). The Bertz CT molecular complexity index is 1130. The Morgan fingerprint density at radius 2 is 0.818 bits per heavy atom. The summed E-state index contributed by atoms with van der Waals surface area (Å²) >= 11 is 0. The van der Waals surface area contributed by atoms with Crippen LogP contribution in [0.2, 0.25) is 0 Å². The molecule has 0 aliphatic rings. The van der Waals surface area contributed by atoms with Gasteiger partial charge in [0.1, 0.15) is 12.2 Å². The summed E-state index contributed by atoms with van der Waals surface area (Å²) in [5.41, 5.74) is 0. The molecule has 10 heteroatoms. The molecule has 0 amide bonds. The molecule has 0 aromatic carbocycles. The maximum Gasteiger partial charge on any atom is 0.472 e.